The lowest BCUT2D eigenvalue weighted by Crippen LogP contribution is -2.47. The van der Waals surface area contributed by atoms with E-state index >= 15 is 0 Å². The Balaban J connectivity index is 1.48. The summed E-state index contributed by atoms with van der Waals surface area (Å²) in [7, 11) is 0. The van der Waals surface area contributed by atoms with Gasteiger partial charge in [0.1, 0.15) is 5.56 Å². The van der Waals surface area contributed by atoms with Gasteiger partial charge in [0, 0.05) is 25.2 Å². The van der Waals surface area contributed by atoms with Gasteiger partial charge in [0.15, 0.2) is 0 Å². The second-order valence-electron chi connectivity index (χ2n) is 6.91. The highest BCUT2D eigenvalue weighted by Gasteiger charge is 2.26. The summed E-state index contributed by atoms with van der Waals surface area (Å²) in [6.07, 6.45) is 0.677. The van der Waals surface area contributed by atoms with Crippen LogP contribution in [0.3, 0.4) is 0 Å². The number of ether oxygens (including phenoxy) is 1. The van der Waals surface area contributed by atoms with Gasteiger partial charge in [0.05, 0.1) is 12.7 Å². The van der Waals surface area contributed by atoms with Crippen LogP contribution in [0.5, 0.6) is 0 Å². The summed E-state index contributed by atoms with van der Waals surface area (Å²) in [4.78, 5) is 30.0. The van der Waals surface area contributed by atoms with Crippen molar-refractivity contribution in [1.29, 1.82) is 0 Å². The van der Waals surface area contributed by atoms with Crippen molar-refractivity contribution in [2.75, 3.05) is 19.7 Å². The normalized spacial score (nSPS) is 16.7. The average Bonchev–Trinajstić information content (AvgIpc) is 2.75. The average molecular weight is 374 g/mol. The van der Waals surface area contributed by atoms with Crippen LogP contribution < -0.4 is 5.56 Å². The number of carbonyl (C=O) groups excluding carboxylic acids is 1. The van der Waals surface area contributed by atoms with E-state index in [1.165, 1.54) is 5.56 Å². The first-order valence-corrected chi connectivity index (χ1v) is 9.44. The Labute approximate surface area is 163 Å². The summed E-state index contributed by atoms with van der Waals surface area (Å²) in [5, 5.41) is 0. The fourth-order valence-electron chi connectivity index (χ4n) is 3.50. The van der Waals surface area contributed by atoms with Crippen molar-refractivity contribution in [2.24, 2.45) is 0 Å². The molecular formula is C23H22N2O3. The van der Waals surface area contributed by atoms with Gasteiger partial charge in [-0.2, -0.15) is 0 Å². The minimum Gasteiger partial charge on any atom is -0.374 e. The van der Waals surface area contributed by atoms with Gasteiger partial charge in [-0.15, -0.1) is 0 Å². The maximum Gasteiger partial charge on any atom is 0.261 e. The van der Waals surface area contributed by atoms with Gasteiger partial charge in [-0.1, -0.05) is 60.7 Å². The Hall–Kier alpha value is -3.18. The molecule has 3 aromatic rings. The number of nitrogens with zero attached hydrogens (tertiary/aromatic N) is 1. The van der Waals surface area contributed by atoms with E-state index in [2.05, 4.69) is 17.1 Å². The van der Waals surface area contributed by atoms with Gasteiger partial charge >= 0.3 is 0 Å². The number of carbonyl (C=O) groups is 1. The Morgan fingerprint density at radius 2 is 1.71 bits per heavy atom. The molecule has 1 aliphatic rings. The third kappa shape index (κ3) is 4.05. The van der Waals surface area contributed by atoms with Crippen LogP contribution >= 0.6 is 0 Å². The van der Waals surface area contributed by atoms with Crippen molar-refractivity contribution in [1.82, 2.24) is 9.88 Å². The molecule has 2 heterocycles. The topological polar surface area (TPSA) is 62.4 Å². The van der Waals surface area contributed by atoms with Crippen LogP contribution in [0.1, 0.15) is 15.9 Å². The first-order chi connectivity index (χ1) is 13.7. The van der Waals surface area contributed by atoms with E-state index in [0.29, 0.717) is 25.4 Å². The molecular weight excluding hydrogens is 352 g/mol. The highest BCUT2D eigenvalue weighted by atomic mass is 16.5. The van der Waals surface area contributed by atoms with Crippen molar-refractivity contribution < 1.29 is 9.53 Å². The number of pyridine rings is 1. The van der Waals surface area contributed by atoms with Gasteiger partial charge in [0.25, 0.3) is 11.5 Å². The van der Waals surface area contributed by atoms with E-state index in [4.69, 9.17) is 4.74 Å². The molecule has 5 heteroatoms. The minimum absolute atomic E-state index is 0.0669. The van der Waals surface area contributed by atoms with Gasteiger partial charge in [-0.05, 0) is 23.3 Å². The largest absolute Gasteiger partial charge is 0.374 e. The molecule has 1 aliphatic heterocycles. The maximum atomic E-state index is 12.9. The Bertz CT molecular complexity index is 999. The lowest BCUT2D eigenvalue weighted by Gasteiger charge is -2.33. The molecule has 0 saturated carbocycles. The first-order valence-electron chi connectivity index (χ1n) is 9.44. The van der Waals surface area contributed by atoms with Gasteiger partial charge in [-0.25, -0.2) is 0 Å². The predicted molar refractivity (Wildman–Crippen MR) is 108 cm³/mol. The number of H-pyrrole nitrogens is 1. The number of rotatable bonds is 4. The molecule has 28 heavy (non-hydrogen) atoms. The lowest BCUT2D eigenvalue weighted by atomic mass is 10.1. The zero-order chi connectivity index (χ0) is 19.3. The lowest BCUT2D eigenvalue weighted by molar-refractivity contribution is -0.0208. The number of nitrogens with one attached hydrogen (secondary N) is 1. The van der Waals surface area contributed by atoms with Crippen LogP contribution in [0.25, 0.3) is 11.3 Å². The van der Waals surface area contributed by atoms with Crippen LogP contribution in [-0.2, 0) is 11.2 Å². The first kappa shape index (κ1) is 18.2. The van der Waals surface area contributed by atoms with Gasteiger partial charge in [-0.3, -0.25) is 9.59 Å². The molecule has 1 fully saturated rings. The monoisotopic (exact) mass is 374 g/mol. The Morgan fingerprint density at radius 3 is 2.43 bits per heavy atom. The van der Waals surface area contributed by atoms with Crippen LogP contribution in [0, 0.1) is 0 Å². The number of aromatic amines is 1. The quantitative estimate of drug-likeness (QED) is 0.763. The number of hydrogen-bond donors (Lipinski definition) is 1. The molecule has 1 atom stereocenters. The summed E-state index contributed by atoms with van der Waals surface area (Å²) in [5.41, 5.74) is 2.59. The zero-order valence-corrected chi connectivity index (χ0v) is 15.5. The molecule has 1 N–H and O–H groups in total. The van der Waals surface area contributed by atoms with E-state index in [1.807, 2.05) is 48.5 Å². The number of aromatic nitrogens is 1. The van der Waals surface area contributed by atoms with Crippen molar-refractivity contribution in [2.45, 2.75) is 12.5 Å². The standard InChI is InChI=1S/C23H22N2O3/c26-22-20(11-12-21(24-22)18-9-5-2-6-10-18)23(27)25-13-14-28-19(16-25)15-17-7-3-1-4-8-17/h1-12,19H,13-16H2,(H,24,26)/t19-/m0/s1. The molecule has 0 bridgehead atoms. The number of morpholine rings is 1. The molecule has 1 amide bonds. The molecule has 0 radical (unpaired) electrons. The molecule has 0 spiro atoms. The molecule has 0 unspecified atom stereocenters. The summed E-state index contributed by atoms with van der Waals surface area (Å²) in [5.74, 6) is -0.248. The molecule has 0 aliphatic carbocycles. The van der Waals surface area contributed by atoms with E-state index in [0.717, 1.165) is 12.0 Å². The smallest absolute Gasteiger partial charge is 0.261 e. The molecule has 1 aromatic heterocycles. The highest BCUT2D eigenvalue weighted by Crippen LogP contribution is 2.17. The molecule has 1 saturated heterocycles. The summed E-state index contributed by atoms with van der Waals surface area (Å²) >= 11 is 0. The van der Waals surface area contributed by atoms with Crippen molar-refractivity contribution >= 4 is 5.91 Å². The van der Waals surface area contributed by atoms with E-state index < -0.39 is 0 Å². The van der Waals surface area contributed by atoms with Crippen LogP contribution in [0.4, 0.5) is 0 Å². The fourth-order valence-corrected chi connectivity index (χ4v) is 3.50. The van der Waals surface area contributed by atoms with Crippen LogP contribution in [-0.4, -0.2) is 41.6 Å². The third-order valence-corrected chi connectivity index (χ3v) is 4.96. The van der Waals surface area contributed by atoms with E-state index in [1.54, 1.807) is 17.0 Å². The van der Waals surface area contributed by atoms with Gasteiger partial charge < -0.3 is 14.6 Å². The minimum atomic E-state index is -0.363. The van der Waals surface area contributed by atoms with Crippen LogP contribution in [0.15, 0.2) is 77.6 Å². The molecule has 2 aromatic carbocycles. The number of amides is 1. The zero-order valence-electron chi connectivity index (χ0n) is 15.5. The second kappa shape index (κ2) is 8.23. The Kier molecular flexibility index (Phi) is 5.35. The molecule has 142 valence electrons. The predicted octanol–water partition coefficient (Wildman–Crippen LogP) is 3.13. The van der Waals surface area contributed by atoms with Crippen molar-refractivity contribution in [3.05, 3.63) is 94.3 Å². The SMILES string of the molecule is O=C(c1ccc(-c2ccccc2)[nH]c1=O)N1CCO[C@@H](Cc2ccccc2)C1. The van der Waals surface area contributed by atoms with Crippen LogP contribution in [0.2, 0.25) is 0 Å². The van der Waals surface area contributed by atoms with E-state index in [9.17, 15) is 9.59 Å². The Morgan fingerprint density at radius 1 is 1.00 bits per heavy atom. The van der Waals surface area contributed by atoms with E-state index in [-0.39, 0.29) is 23.1 Å². The van der Waals surface area contributed by atoms with Crippen molar-refractivity contribution in [3.8, 4) is 11.3 Å². The fraction of sp³-hybridized carbons (Fsp3) is 0.217. The van der Waals surface area contributed by atoms with Crippen molar-refractivity contribution in [3.63, 3.8) is 0 Å². The molecule has 4 rings (SSSR count). The summed E-state index contributed by atoms with van der Waals surface area (Å²) in [6, 6.07) is 23.1. The second-order valence-corrected chi connectivity index (χ2v) is 6.91. The third-order valence-electron chi connectivity index (χ3n) is 4.96. The summed E-state index contributed by atoms with van der Waals surface area (Å²) in [6.45, 7) is 1.45. The molecule has 5 nitrogen and oxygen atoms in total. The summed E-state index contributed by atoms with van der Waals surface area (Å²) < 4.78 is 5.83. The number of hydrogen-bond acceptors (Lipinski definition) is 3. The maximum absolute atomic E-state index is 12.9. The highest BCUT2D eigenvalue weighted by molar-refractivity contribution is 5.94. The van der Waals surface area contributed by atoms with Gasteiger partial charge in [0.2, 0.25) is 0 Å². The number of benzene rings is 2.